The van der Waals surface area contributed by atoms with E-state index in [1.807, 2.05) is 0 Å². The van der Waals surface area contributed by atoms with Crippen molar-refractivity contribution in [2.75, 3.05) is 20.6 Å². The highest BCUT2D eigenvalue weighted by molar-refractivity contribution is 5.91. The molecule has 0 heterocycles. The van der Waals surface area contributed by atoms with Crippen LogP contribution in [0.5, 0.6) is 0 Å². The summed E-state index contributed by atoms with van der Waals surface area (Å²) in [6, 6.07) is 0. The molecule has 0 radical (unpaired) electrons. The Morgan fingerprint density at radius 1 is 1.29 bits per heavy atom. The van der Waals surface area contributed by atoms with Gasteiger partial charge in [0.2, 0.25) is 0 Å². The van der Waals surface area contributed by atoms with Crippen LogP contribution in [0.1, 0.15) is 13.3 Å². The van der Waals surface area contributed by atoms with Crippen molar-refractivity contribution in [1.29, 1.82) is 0 Å². The van der Waals surface area contributed by atoms with Crippen molar-refractivity contribution >= 4 is 11.9 Å². The Kier molecular flexibility index (Phi) is 8.91. The number of hydrogen-bond acceptors (Lipinski definition) is 3. The molecular weight excluding hydrogens is 186 g/mol. The highest BCUT2D eigenvalue weighted by atomic mass is 16.4. The summed E-state index contributed by atoms with van der Waals surface area (Å²) in [5, 5.41) is 16.1. The fraction of sp³-hybridized carbons (Fsp3) is 0.556. The van der Waals surface area contributed by atoms with E-state index in [1.54, 1.807) is 0 Å². The lowest BCUT2D eigenvalue weighted by molar-refractivity contribution is -0.139. The number of carbonyl (C=O) groups is 2. The van der Waals surface area contributed by atoms with Crippen LogP contribution in [0, 0.1) is 0 Å². The van der Waals surface area contributed by atoms with Crippen LogP contribution in [0.15, 0.2) is 12.2 Å². The molecule has 0 saturated heterocycles. The Balaban J connectivity index is 0. The van der Waals surface area contributed by atoms with Gasteiger partial charge >= 0.3 is 11.9 Å². The van der Waals surface area contributed by atoms with E-state index in [2.05, 4.69) is 32.5 Å². The minimum atomic E-state index is -1.27. The van der Waals surface area contributed by atoms with Gasteiger partial charge < -0.3 is 15.1 Å². The third-order valence-corrected chi connectivity index (χ3v) is 1.30. The average molecular weight is 203 g/mol. The Labute approximate surface area is 83.6 Å². The molecule has 0 saturated carbocycles. The number of hydrogen-bond donors (Lipinski definition) is 2. The van der Waals surface area contributed by atoms with E-state index >= 15 is 0 Å². The second kappa shape index (κ2) is 8.25. The van der Waals surface area contributed by atoms with Crippen LogP contribution in [0.25, 0.3) is 0 Å². The summed E-state index contributed by atoms with van der Waals surface area (Å²) in [7, 11) is 4.11. The number of carboxylic acids is 2. The van der Waals surface area contributed by atoms with Gasteiger partial charge in [-0.25, -0.2) is 4.79 Å². The first-order valence-corrected chi connectivity index (χ1v) is 4.08. The van der Waals surface area contributed by atoms with Crippen LogP contribution in [0.4, 0.5) is 0 Å². The highest BCUT2D eigenvalue weighted by Gasteiger charge is 2.07. The lowest BCUT2D eigenvalue weighted by atomic mass is 10.2. The van der Waals surface area contributed by atoms with Gasteiger partial charge in [0.25, 0.3) is 0 Å². The normalized spacial score (nSPS) is 8.86. The van der Waals surface area contributed by atoms with Crippen molar-refractivity contribution in [2.45, 2.75) is 13.3 Å². The summed E-state index contributed by atoms with van der Waals surface area (Å²) in [5.74, 6) is -2.44. The van der Waals surface area contributed by atoms with Gasteiger partial charge in [0.15, 0.2) is 0 Å². The van der Waals surface area contributed by atoms with Crippen molar-refractivity contribution in [3.63, 3.8) is 0 Å². The maximum Gasteiger partial charge on any atom is 0.331 e. The van der Waals surface area contributed by atoms with Crippen molar-refractivity contribution in [2.24, 2.45) is 0 Å². The van der Waals surface area contributed by atoms with Gasteiger partial charge in [-0.3, -0.25) is 4.79 Å². The smallest absolute Gasteiger partial charge is 0.331 e. The van der Waals surface area contributed by atoms with E-state index in [1.165, 1.54) is 0 Å². The van der Waals surface area contributed by atoms with Crippen LogP contribution >= 0.6 is 0 Å². The molecule has 0 atom stereocenters. The zero-order chi connectivity index (χ0) is 11.7. The maximum atomic E-state index is 9.87. The predicted molar refractivity (Wildman–Crippen MR) is 53.3 cm³/mol. The number of rotatable bonds is 4. The second-order valence-electron chi connectivity index (χ2n) is 2.88. The summed E-state index contributed by atoms with van der Waals surface area (Å²) < 4.78 is 0. The van der Waals surface area contributed by atoms with Gasteiger partial charge in [-0.1, -0.05) is 13.5 Å². The number of nitrogens with zero attached hydrogens (tertiary/aromatic N) is 1. The summed E-state index contributed by atoms with van der Waals surface area (Å²) in [6.45, 7) is 6.28. The Morgan fingerprint density at radius 2 is 1.64 bits per heavy atom. The standard InChI is InChI=1S/C5H6O4.C4H11N/c1-3(5(8)9)2-4(6)7;1-4-5(2)3/h1-2H2,(H,6,7)(H,8,9);4H2,1-3H3. The third kappa shape index (κ3) is 13.2. The van der Waals surface area contributed by atoms with Gasteiger partial charge in [0, 0.05) is 5.57 Å². The van der Waals surface area contributed by atoms with Crippen LogP contribution in [0.2, 0.25) is 0 Å². The van der Waals surface area contributed by atoms with Gasteiger partial charge in [-0.15, -0.1) is 0 Å². The van der Waals surface area contributed by atoms with Crippen molar-refractivity contribution in [1.82, 2.24) is 4.90 Å². The molecule has 0 spiro atoms. The van der Waals surface area contributed by atoms with Crippen molar-refractivity contribution in [3.05, 3.63) is 12.2 Å². The lowest BCUT2D eigenvalue weighted by Gasteiger charge is -2.00. The molecule has 0 bridgehead atoms. The van der Waals surface area contributed by atoms with E-state index in [-0.39, 0.29) is 5.57 Å². The highest BCUT2D eigenvalue weighted by Crippen LogP contribution is 1.95. The average Bonchev–Trinajstić information content (AvgIpc) is 2.04. The quantitative estimate of drug-likeness (QED) is 0.656. The monoisotopic (exact) mass is 203 g/mol. The molecule has 0 aromatic heterocycles. The van der Waals surface area contributed by atoms with Gasteiger partial charge in [-0.2, -0.15) is 0 Å². The molecule has 82 valence electrons. The van der Waals surface area contributed by atoms with Gasteiger partial charge in [-0.05, 0) is 20.6 Å². The number of aliphatic carboxylic acids is 2. The Morgan fingerprint density at radius 3 is 1.71 bits per heavy atom. The van der Waals surface area contributed by atoms with E-state index in [0.29, 0.717) is 0 Å². The topological polar surface area (TPSA) is 77.8 Å². The van der Waals surface area contributed by atoms with E-state index in [4.69, 9.17) is 10.2 Å². The van der Waals surface area contributed by atoms with Crippen LogP contribution < -0.4 is 0 Å². The molecule has 0 unspecified atom stereocenters. The largest absolute Gasteiger partial charge is 0.481 e. The molecule has 0 aliphatic heterocycles. The van der Waals surface area contributed by atoms with E-state index < -0.39 is 18.4 Å². The molecule has 5 heteroatoms. The minimum absolute atomic E-state index is 0.303. The SMILES string of the molecule is C=C(CC(=O)O)C(=O)O.CCN(C)C. The zero-order valence-corrected chi connectivity index (χ0v) is 8.78. The molecule has 5 nitrogen and oxygen atoms in total. The first kappa shape index (κ1) is 15.1. The fourth-order valence-electron chi connectivity index (χ4n) is 0.258. The Bertz CT molecular complexity index is 211. The van der Waals surface area contributed by atoms with Crippen molar-refractivity contribution in [3.8, 4) is 0 Å². The molecule has 0 aliphatic rings. The van der Waals surface area contributed by atoms with Crippen LogP contribution in [0.3, 0.4) is 0 Å². The van der Waals surface area contributed by atoms with E-state index in [0.717, 1.165) is 6.54 Å². The lowest BCUT2D eigenvalue weighted by Crippen LogP contribution is -2.08. The van der Waals surface area contributed by atoms with Gasteiger partial charge in [0.1, 0.15) is 0 Å². The molecule has 0 aromatic carbocycles. The first-order chi connectivity index (χ1) is 6.31. The van der Waals surface area contributed by atoms with Crippen molar-refractivity contribution < 1.29 is 19.8 Å². The van der Waals surface area contributed by atoms with Gasteiger partial charge in [0.05, 0.1) is 6.42 Å². The second-order valence-corrected chi connectivity index (χ2v) is 2.88. The molecular formula is C9H17NO4. The summed E-state index contributed by atoms with van der Waals surface area (Å²) >= 11 is 0. The molecule has 14 heavy (non-hydrogen) atoms. The molecule has 0 amide bonds. The maximum absolute atomic E-state index is 9.87. The Hall–Kier alpha value is -1.36. The van der Waals surface area contributed by atoms with Crippen LogP contribution in [-0.2, 0) is 9.59 Å². The number of carboxylic acid groups (broad SMARTS) is 2. The molecule has 0 fully saturated rings. The molecule has 0 aliphatic carbocycles. The third-order valence-electron chi connectivity index (χ3n) is 1.30. The molecule has 0 rings (SSSR count). The first-order valence-electron chi connectivity index (χ1n) is 4.08. The van der Waals surface area contributed by atoms with E-state index in [9.17, 15) is 9.59 Å². The predicted octanol–water partition coefficient (Wildman–Crippen LogP) is 0.670. The minimum Gasteiger partial charge on any atom is -0.481 e. The molecule has 2 N–H and O–H groups in total. The summed E-state index contributed by atoms with van der Waals surface area (Å²) in [5.41, 5.74) is -0.303. The van der Waals surface area contributed by atoms with Crippen LogP contribution in [-0.4, -0.2) is 47.7 Å². The molecule has 0 aromatic rings. The summed E-state index contributed by atoms with van der Waals surface area (Å²) in [6.07, 6.45) is -0.505. The zero-order valence-electron chi connectivity index (χ0n) is 8.78. The fourth-order valence-corrected chi connectivity index (χ4v) is 0.258. The summed E-state index contributed by atoms with van der Waals surface area (Å²) in [4.78, 5) is 21.8.